The largest absolute Gasteiger partial charge is 0.364 e. The van der Waals surface area contributed by atoms with Gasteiger partial charge in [0.15, 0.2) is 0 Å². The number of rotatable bonds is 8. The molecular formula is C16H16FN7O2. The van der Waals surface area contributed by atoms with Gasteiger partial charge in [-0.15, -0.1) is 0 Å². The van der Waals surface area contributed by atoms with E-state index >= 15 is 0 Å². The van der Waals surface area contributed by atoms with E-state index in [0.717, 1.165) is 13.0 Å². The summed E-state index contributed by atoms with van der Waals surface area (Å²) in [6, 6.07) is 5.45. The molecule has 0 unspecified atom stereocenters. The lowest BCUT2D eigenvalue weighted by Gasteiger charge is -2.10. The third kappa shape index (κ3) is 4.29. The van der Waals surface area contributed by atoms with Crippen LogP contribution in [0.5, 0.6) is 0 Å². The molecule has 0 aliphatic carbocycles. The maximum absolute atomic E-state index is 13.0. The van der Waals surface area contributed by atoms with E-state index in [-0.39, 0.29) is 17.3 Å². The first kappa shape index (κ1) is 17.3. The van der Waals surface area contributed by atoms with E-state index < -0.39 is 10.7 Å². The fourth-order valence-electron chi connectivity index (χ4n) is 2.33. The minimum absolute atomic E-state index is 0.0358. The predicted octanol–water partition coefficient (Wildman–Crippen LogP) is 2.97. The van der Waals surface area contributed by atoms with Gasteiger partial charge in [-0.2, -0.15) is 0 Å². The molecule has 10 heteroatoms. The second-order valence-corrected chi connectivity index (χ2v) is 5.39. The highest BCUT2D eigenvalue weighted by Gasteiger charge is 2.22. The number of aryl methyl sites for hydroxylation is 1. The molecule has 9 nitrogen and oxygen atoms in total. The highest BCUT2D eigenvalue weighted by Crippen LogP contribution is 2.31. The Hall–Kier alpha value is -3.56. The van der Waals surface area contributed by atoms with Crippen LogP contribution in [0.2, 0.25) is 0 Å². The Morgan fingerprint density at radius 1 is 1.19 bits per heavy atom. The summed E-state index contributed by atoms with van der Waals surface area (Å²) in [6.07, 6.45) is 7.21. The average Bonchev–Trinajstić information content (AvgIpc) is 3.14. The van der Waals surface area contributed by atoms with Gasteiger partial charge in [-0.3, -0.25) is 10.1 Å². The molecule has 2 aromatic heterocycles. The molecule has 2 heterocycles. The second-order valence-electron chi connectivity index (χ2n) is 5.39. The molecule has 0 radical (unpaired) electrons. The van der Waals surface area contributed by atoms with Crippen LogP contribution in [0, 0.1) is 15.9 Å². The summed E-state index contributed by atoms with van der Waals surface area (Å²) in [5.41, 5.74) is 0.221. The number of aromatic nitrogens is 4. The zero-order valence-corrected chi connectivity index (χ0v) is 13.7. The molecule has 2 N–H and O–H groups in total. The molecule has 26 heavy (non-hydrogen) atoms. The fourth-order valence-corrected chi connectivity index (χ4v) is 2.33. The Morgan fingerprint density at radius 2 is 1.96 bits per heavy atom. The van der Waals surface area contributed by atoms with Gasteiger partial charge in [0.05, 0.1) is 11.3 Å². The standard InChI is InChI=1S/C16H16FN7O2/c17-12-2-4-13(5-3-12)22-16-14(24(25)26)15(20-10-21-16)19-6-1-8-23-9-7-18-11-23/h2-5,7,9-11H,1,6,8H2,(H2,19,20,21,22). The van der Waals surface area contributed by atoms with E-state index in [0.29, 0.717) is 12.2 Å². The van der Waals surface area contributed by atoms with Crippen LogP contribution in [0.15, 0.2) is 49.3 Å². The molecule has 1 aromatic carbocycles. The zero-order chi connectivity index (χ0) is 18.4. The quantitative estimate of drug-likeness (QED) is 0.362. The molecule has 0 aliphatic heterocycles. The molecule has 3 aromatic rings. The molecule has 0 saturated heterocycles. The summed E-state index contributed by atoms with van der Waals surface area (Å²) in [7, 11) is 0. The normalized spacial score (nSPS) is 10.5. The Balaban J connectivity index is 1.70. The number of hydrogen-bond donors (Lipinski definition) is 2. The Bertz CT molecular complexity index is 869. The maximum atomic E-state index is 13.0. The van der Waals surface area contributed by atoms with Gasteiger partial charge in [-0.25, -0.2) is 19.3 Å². The monoisotopic (exact) mass is 357 g/mol. The summed E-state index contributed by atoms with van der Waals surface area (Å²) >= 11 is 0. The molecule has 0 saturated carbocycles. The predicted molar refractivity (Wildman–Crippen MR) is 93.7 cm³/mol. The Kier molecular flexibility index (Phi) is 5.32. The van der Waals surface area contributed by atoms with Crippen LogP contribution in [0.1, 0.15) is 6.42 Å². The lowest BCUT2D eigenvalue weighted by atomic mass is 10.3. The topological polar surface area (TPSA) is 111 Å². The first-order valence-corrected chi connectivity index (χ1v) is 7.85. The van der Waals surface area contributed by atoms with Crippen molar-refractivity contribution in [1.29, 1.82) is 0 Å². The van der Waals surface area contributed by atoms with E-state index in [1.54, 1.807) is 12.5 Å². The lowest BCUT2D eigenvalue weighted by Crippen LogP contribution is -2.10. The smallest absolute Gasteiger partial charge is 0.353 e. The molecule has 3 rings (SSSR count). The van der Waals surface area contributed by atoms with Crippen LogP contribution in [-0.4, -0.2) is 31.0 Å². The van der Waals surface area contributed by atoms with Crippen molar-refractivity contribution in [3.63, 3.8) is 0 Å². The average molecular weight is 357 g/mol. The first-order valence-electron chi connectivity index (χ1n) is 7.85. The van der Waals surface area contributed by atoms with Gasteiger partial charge in [-0.05, 0) is 30.7 Å². The number of nitrogens with one attached hydrogen (secondary N) is 2. The van der Waals surface area contributed by atoms with E-state index in [9.17, 15) is 14.5 Å². The van der Waals surface area contributed by atoms with E-state index in [1.165, 1.54) is 30.6 Å². The zero-order valence-electron chi connectivity index (χ0n) is 13.7. The van der Waals surface area contributed by atoms with Crippen molar-refractivity contribution in [3.05, 3.63) is 65.2 Å². The van der Waals surface area contributed by atoms with Gasteiger partial charge in [0, 0.05) is 31.2 Å². The highest BCUT2D eigenvalue weighted by atomic mass is 19.1. The van der Waals surface area contributed by atoms with Gasteiger partial charge in [0.1, 0.15) is 12.1 Å². The maximum Gasteiger partial charge on any atom is 0.353 e. The van der Waals surface area contributed by atoms with Crippen molar-refractivity contribution >= 4 is 23.0 Å². The third-order valence-electron chi connectivity index (χ3n) is 3.56. The lowest BCUT2D eigenvalue weighted by molar-refractivity contribution is -0.383. The van der Waals surface area contributed by atoms with Crippen LogP contribution < -0.4 is 10.6 Å². The van der Waals surface area contributed by atoms with E-state index in [4.69, 9.17) is 0 Å². The van der Waals surface area contributed by atoms with Crippen molar-refractivity contribution in [1.82, 2.24) is 19.5 Å². The van der Waals surface area contributed by atoms with Crippen LogP contribution >= 0.6 is 0 Å². The number of imidazole rings is 1. The van der Waals surface area contributed by atoms with Crippen molar-refractivity contribution in [2.75, 3.05) is 17.2 Å². The van der Waals surface area contributed by atoms with Gasteiger partial charge < -0.3 is 15.2 Å². The van der Waals surface area contributed by atoms with Crippen molar-refractivity contribution in [2.24, 2.45) is 0 Å². The van der Waals surface area contributed by atoms with E-state index in [2.05, 4.69) is 25.6 Å². The number of halogens is 1. The number of nitrogens with zero attached hydrogens (tertiary/aromatic N) is 5. The van der Waals surface area contributed by atoms with Crippen LogP contribution in [0.25, 0.3) is 0 Å². The van der Waals surface area contributed by atoms with Crippen molar-refractivity contribution < 1.29 is 9.31 Å². The molecule has 134 valence electrons. The summed E-state index contributed by atoms with van der Waals surface area (Å²) in [5.74, 6) is -0.234. The summed E-state index contributed by atoms with van der Waals surface area (Å²) in [4.78, 5) is 22.8. The Labute approximate surface area is 148 Å². The fraction of sp³-hybridized carbons (Fsp3) is 0.188. The third-order valence-corrected chi connectivity index (χ3v) is 3.56. The first-order chi connectivity index (χ1) is 12.6. The summed E-state index contributed by atoms with van der Waals surface area (Å²) in [5, 5.41) is 17.3. The highest BCUT2D eigenvalue weighted by molar-refractivity contribution is 5.73. The van der Waals surface area contributed by atoms with Crippen molar-refractivity contribution in [2.45, 2.75) is 13.0 Å². The summed E-state index contributed by atoms with van der Waals surface area (Å²) < 4.78 is 14.9. The SMILES string of the molecule is O=[N+]([O-])c1c(NCCCn2ccnc2)ncnc1Nc1ccc(F)cc1. The van der Waals surface area contributed by atoms with Gasteiger partial charge in [-0.1, -0.05) is 0 Å². The second kappa shape index (κ2) is 8.01. The Morgan fingerprint density at radius 3 is 2.65 bits per heavy atom. The minimum atomic E-state index is -0.552. The molecule has 0 bridgehead atoms. The van der Waals surface area contributed by atoms with Gasteiger partial charge in [0.2, 0.25) is 11.6 Å². The van der Waals surface area contributed by atoms with Gasteiger partial charge in [0.25, 0.3) is 0 Å². The number of benzene rings is 1. The number of anilines is 3. The molecule has 0 atom stereocenters. The van der Waals surface area contributed by atoms with Gasteiger partial charge >= 0.3 is 5.69 Å². The van der Waals surface area contributed by atoms with Crippen LogP contribution in [-0.2, 0) is 6.54 Å². The minimum Gasteiger partial charge on any atom is -0.364 e. The molecule has 0 amide bonds. The molecule has 0 aliphatic rings. The van der Waals surface area contributed by atoms with Crippen LogP contribution in [0.4, 0.5) is 27.4 Å². The van der Waals surface area contributed by atoms with E-state index in [1.807, 2.05) is 10.8 Å². The number of hydrogen-bond acceptors (Lipinski definition) is 7. The molecule has 0 fully saturated rings. The number of nitro groups is 1. The molecule has 0 spiro atoms. The van der Waals surface area contributed by atoms with Crippen LogP contribution in [0.3, 0.4) is 0 Å². The van der Waals surface area contributed by atoms with Crippen molar-refractivity contribution in [3.8, 4) is 0 Å². The molecular weight excluding hydrogens is 341 g/mol. The summed E-state index contributed by atoms with van der Waals surface area (Å²) in [6.45, 7) is 1.22.